The van der Waals surface area contributed by atoms with Crippen molar-refractivity contribution in [2.45, 2.75) is 38.0 Å². The Bertz CT molecular complexity index is 817. The Labute approximate surface area is 190 Å². The molecule has 0 bridgehead atoms. The van der Waals surface area contributed by atoms with Crippen molar-refractivity contribution >= 4 is 11.9 Å². The highest BCUT2D eigenvalue weighted by atomic mass is 19.4. The normalized spacial score (nSPS) is 11.2. The van der Waals surface area contributed by atoms with Crippen molar-refractivity contribution in [2.24, 2.45) is 0 Å². The molecular formula is C22H22F6O6. The molecule has 0 aromatic heterocycles. The van der Waals surface area contributed by atoms with Gasteiger partial charge < -0.3 is 19.7 Å². The van der Waals surface area contributed by atoms with E-state index in [0.717, 1.165) is 0 Å². The van der Waals surface area contributed by atoms with Crippen LogP contribution in [0.5, 0.6) is 11.5 Å². The summed E-state index contributed by atoms with van der Waals surface area (Å²) in [5, 5.41) is 17.2. The molecule has 0 spiro atoms. The Kier molecular flexibility index (Phi) is 11.2. The maximum Gasteiger partial charge on any atom is 0.389 e. The topological polar surface area (TPSA) is 93.1 Å². The Morgan fingerprint density at radius 3 is 1.15 bits per heavy atom. The van der Waals surface area contributed by atoms with E-state index in [-0.39, 0.29) is 37.2 Å². The van der Waals surface area contributed by atoms with Crippen molar-refractivity contribution < 1.29 is 55.6 Å². The molecule has 6 nitrogen and oxygen atoms in total. The highest BCUT2D eigenvalue weighted by Crippen LogP contribution is 2.22. The van der Waals surface area contributed by atoms with Crippen molar-refractivity contribution in [3.63, 3.8) is 0 Å². The summed E-state index contributed by atoms with van der Waals surface area (Å²) in [6.07, 6.45) is -10.4. The van der Waals surface area contributed by atoms with Gasteiger partial charge in [0.1, 0.15) is 11.5 Å². The van der Waals surface area contributed by atoms with Gasteiger partial charge in [-0.1, -0.05) is 0 Å². The molecule has 0 saturated heterocycles. The lowest BCUT2D eigenvalue weighted by atomic mass is 10.2. The summed E-state index contributed by atoms with van der Waals surface area (Å²) in [6, 6.07) is 11.0. The first-order valence-electron chi connectivity index (χ1n) is 9.82. The maximum atomic E-state index is 11.8. The van der Waals surface area contributed by atoms with Gasteiger partial charge in [0.05, 0.1) is 24.3 Å². The van der Waals surface area contributed by atoms with Crippen molar-refractivity contribution in [3.05, 3.63) is 59.7 Å². The average molecular weight is 496 g/mol. The molecule has 0 aliphatic heterocycles. The number of carbonyl (C=O) groups is 2. The fourth-order valence-electron chi connectivity index (χ4n) is 2.31. The number of hydrogen-bond acceptors (Lipinski definition) is 4. The summed E-state index contributed by atoms with van der Waals surface area (Å²) in [7, 11) is 0. The fraction of sp³-hybridized carbons (Fsp3) is 0.364. The number of halogens is 6. The van der Waals surface area contributed by atoms with Crippen LogP contribution in [0, 0.1) is 0 Å². The summed E-state index contributed by atoms with van der Waals surface area (Å²) in [6.45, 7) is -0.0993. The van der Waals surface area contributed by atoms with E-state index in [9.17, 15) is 35.9 Å². The largest absolute Gasteiger partial charge is 0.494 e. The van der Waals surface area contributed by atoms with Gasteiger partial charge >= 0.3 is 24.3 Å². The number of aromatic carboxylic acids is 2. The minimum absolute atomic E-state index is 0.0497. The lowest BCUT2D eigenvalue weighted by molar-refractivity contribution is -0.137. The minimum atomic E-state index is -4.17. The molecule has 0 amide bonds. The van der Waals surface area contributed by atoms with Crippen LogP contribution in [0.3, 0.4) is 0 Å². The lowest BCUT2D eigenvalue weighted by Crippen LogP contribution is -2.09. The first-order valence-corrected chi connectivity index (χ1v) is 9.82. The molecule has 0 unspecified atom stereocenters. The number of benzene rings is 2. The second-order valence-electron chi connectivity index (χ2n) is 6.79. The van der Waals surface area contributed by atoms with Gasteiger partial charge in [-0.05, 0) is 61.4 Å². The van der Waals surface area contributed by atoms with Crippen LogP contribution < -0.4 is 9.47 Å². The molecule has 2 aromatic carbocycles. The second-order valence-corrected chi connectivity index (χ2v) is 6.79. The fourth-order valence-corrected chi connectivity index (χ4v) is 2.31. The molecule has 2 N–H and O–H groups in total. The van der Waals surface area contributed by atoms with Crippen LogP contribution in [0.15, 0.2) is 48.5 Å². The first kappa shape index (κ1) is 28.6. The Balaban J connectivity index is 0.000000340. The van der Waals surface area contributed by atoms with Crippen molar-refractivity contribution in [2.75, 3.05) is 13.2 Å². The molecule has 0 fully saturated rings. The van der Waals surface area contributed by atoms with Gasteiger partial charge in [0.2, 0.25) is 0 Å². The summed E-state index contributed by atoms with van der Waals surface area (Å²) in [5.74, 6) is -1.41. The van der Waals surface area contributed by atoms with E-state index in [0.29, 0.717) is 11.5 Å². The van der Waals surface area contributed by atoms with E-state index in [1.54, 1.807) is 0 Å². The zero-order chi connectivity index (χ0) is 25.8. The summed E-state index contributed by atoms with van der Waals surface area (Å²) < 4.78 is 80.9. The summed E-state index contributed by atoms with van der Waals surface area (Å²) >= 11 is 0. The smallest absolute Gasteiger partial charge is 0.389 e. The molecule has 0 atom stereocenters. The molecule has 2 aromatic rings. The Morgan fingerprint density at radius 1 is 0.618 bits per heavy atom. The summed E-state index contributed by atoms with van der Waals surface area (Å²) in [5.41, 5.74) is 0.209. The van der Waals surface area contributed by atoms with Crippen molar-refractivity contribution in [1.29, 1.82) is 0 Å². The van der Waals surface area contributed by atoms with E-state index in [4.69, 9.17) is 19.7 Å². The van der Waals surface area contributed by atoms with E-state index < -0.39 is 37.1 Å². The minimum Gasteiger partial charge on any atom is -0.494 e. The second kappa shape index (κ2) is 13.3. The van der Waals surface area contributed by atoms with Gasteiger partial charge in [-0.3, -0.25) is 0 Å². The number of rotatable bonds is 10. The van der Waals surface area contributed by atoms with E-state index in [1.165, 1.54) is 48.5 Å². The molecule has 0 aliphatic carbocycles. The molecule has 0 radical (unpaired) electrons. The zero-order valence-corrected chi connectivity index (χ0v) is 17.7. The molecular weight excluding hydrogens is 474 g/mol. The lowest BCUT2D eigenvalue weighted by Gasteiger charge is -2.08. The van der Waals surface area contributed by atoms with Crippen LogP contribution in [0.4, 0.5) is 26.3 Å². The van der Waals surface area contributed by atoms with E-state index in [1.807, 2.05) is 0 Å². The van der Waals surface area contributed by atoms with Gasteiger partial charge in [0, 0.05) is 12.8 Å². The van der Waals surface area contributed by atoms with Crippen molar-refractivity contribution in [1.82, 2.24) is 0 Å². The van der Waals surface area contributed by atoms with Gasteiger partial charge in [-0.2, -0.15) is 26.3 Å². The number of alkyl halides is 6. The van der Waals surface area contributed by atoms with Crippen LogP contribution in [0.25, 0.3) is 0 Å². The quantitative estimate of drug-likeness (QED) is 0.300. The highest BCUT2D eigenvalue weighted by Gasteiger charge is 2.26. The Hall–Kier alpha value is -3.44. The number of hydrogen-bond donors (Lipinski definition) is 2. The molecule has 34 heavy (non-hydrogen) atoms. The van der Waals surface area contributed by atoms with Crippen LogP contribution >= 0.6 is 0 Å². The highest BCUT2D eigenvalue weighted by molar-refractivity contribution is 5.88. The molecule has 0 heterocycles. The van der Waals surface area contributed by atoms with Gasteiger partial charge in [-0.25, -0.2) is 9.59 Å². The van der Waals surface area contributed by atoms with Gasteiger partial charge in [-0.15, -0.1) is 0 Å². The van der Waals surface area contributed by atoms with E-state index in [2.05, 4.69) is 0 Å². The predicted molar refractivity (Wildman–Crippen MR) is 108 cm³/mol. The zero-order valence-electron chi connectivity index (χ0n) is 17.7. The number of ether oxygens (including phenoxy) is 2. The van der Waals surface area contributed by atoms with Crippen LogP contribution in [-0.2, 0) is 0 Å². The Morgan fingerprint density at radius 2 is 0.912 bits per heavy atom. The molecule has 2 rings (SSSR count). The molecule has 0 aliphatic rings. The average Bonchev–Trinajstić information content (AvgIpc) is 2.74. The van der Waals surface area contributed by atoms with E-state index >= 15 is 0 Å². The third kappa shape index (κ3) is 13.2. The first-order chi connectivity index (χ1) is 15.8. The standard InChI is InChI=1S/2C11H11F3O3/c2*12-11(13,14)6-1-7-17-9-4-2-8(3-5-9)10(15)16/h2*2-5H,1,6-7H2,(H,15,16). The van der Waals surface area contributed by atoms with Gasteiger partial charge in [0.15, 0.2) is 0 Å². The maximum absolute atomic E-state index is 11.8. The van der Waals surface area contributed by atoms with Crippen LogP contribution in [0.1, 0.15) is 46.4 Å². The third-order valence-electron chi connectivity index (χ3n) is 3.95. The predicted octanol–water partition coefficient (Wildman–Crippen LogP) is 6.21. The third-order valence-corrected chi connectivity index (χ3v) is 3.95. The van der Waals surface area contributed by atoms with Gasteiger partial charge in [0.25, 0.3) is 0 Å². The number of carboxylic acids is 2. The van der Waals surface area contributed by atoms with Crippen LogP contribution in [-0.4, -0.2) is 47.7 Å². The monoisotopic (exact) mass is 496 g/mol. The number of carboxylic acid groups (broad SMARTS) is 2. The summed E-state index contributed by atoms with van der Waals surface area (Å²) in [4.78, 5) is 21.0. The molecule has 0 saturated carbocycles. The van der Waals surface area contributed by atoms with Crippen LogP contribution in [0.2, 0.25) is 0 Å². The molecule has 188 valence electrons. The SMILES string of the molecule is O=C(O)c1ccc(OCCCC(F)(F)F)cc1.O=C(O)c1ccc(OCCCC(F)(F)F)cc1. The van der Waals surface area contributed by atoms with Crippen molar-refractivity contribution in [3.8, 4) is 11.5 Å². The molecule has 12 heteroatoms.